The van der Waals surface area contributed by atoms with Gasteiger partial charge in [0, 0.05) is 11.1 Å². The number of aromatic nitrogens is 1. The van der Waals surface area contributed by atoms with Gasteiger partial charge in [0.15, 0.2) is 0 Å². The number of aryl methyl sites for hydroxylation is 1. The van der Waals surface area contributed by atoms with Gasteiger partial charge >= 0.3 is 0 Å². The normalized spacial score (nSPS) is 32.6. The zero-order valence-electron chi connectivity index (χ0n) is 11.6. The van der Waals surface area contributed by atoms with Crippen molar-refractivity contribution in [3.63, 3.8) is 0 Å². The van der Waals surface area contributed by atoms with Crippen LogP contribution in [0.5, 0.6) is 0 Å². The first-order valence-electron chi connectivity index (χ1n) is 6.51. The first-order chi connectivity index (χ1) is 7.89. The Balaban J connectivity index is 2.32. The molecule has 2 atom stereocenters. The molecule has 3 heteroatoms. The third-order valence-electron chi connectivity index (χ3n) is 4.34. The second-order valence-corrected chi connectivity index (χ2v) is 7.14. The quantitative estimate of drug-likeness (QED) is 0.868. The van der Waals surface area contributed by atoms with E-state index in [-0.39, 0.29) is 5.54 Å². The SMILES string of the molecule is CNC1(c2nc(C)cs2)CCC(C)(C)CC1C. The van der Waals surface area contributed by atoms with Gasteiger partial charge in [0.25, 0.3) is 0 Å². The lowest BCUT2D eigenvalue weighted by Crippen LogP contribution is -2.50. The van der Waals surface area contributed by atoms with Gasteiger partial charge in [-0.15, -0.1) is 11.3 Å². The summed E-state index contributed by atoms with van der Waals surface area (Å²) >= 11 is 1.81. The number of thiazole rings is 1. The average Bonchev–Trinajstić information content (AvgIpc) is 2.65. The van der Waals surface area contributed by atoms with E-state index in [0.717, 1.165) is 5.69 Å². The van der Waals surface area contributed by atoms with Crippen molar-refractivity contribution in [3.8, 4) is 0 Å². The minimum Gasteiger partial charge on any atom is -0.308 e. The van der Waals surface area contributed by atoms with Crippen LogP contribution < -0.4 is 5.32 Å². The third-order valence-corrected chi connectivity index (χ3v) is 5.48. The van der Waals surface area contributed by atoms with Gasteiger partial charge in [0.2, 0.25) is 0 Å². The van der Waals surface area contributed by atoms with E-state index in [0.29, 0.717) is 11.3 Å². The smallest absolute Gasteiger partial charge is 0.113 e. The van der Waals surface area contributed by atoms with Crippen molar-refractivity contribution >= 4 is 11.3 Å². The lowest BCUT2D eigenvalue weighted by molar-refractivity contribution is 0.0775. The molecule has 2 unspecified atom stereocenters. The number of nitrogens with zero attached hydrogens (tertiary/aromatic N) is 1. The maximum atomic E-state index is 4.73. The van der Waals surface area contributed by atoms with E-state index in [4.69, 9.17) is 4.98 Å². The Morgan fingerprint density at radius 3 is 2.59 bits per heavy atom. The van der Waals surface area contributed by atoms with Crippen molar-refractivity contribution in [1.29, 1.82) is 0 Å². The first-order valence-corrected chi connectivity index (χ1v) is 7.39. The number of hydrogen-bond donors (Lipinski definition) is 1. The molecule has 1 heterocycles. The molecule has 2 rings (SSSR count). The summed E-state index contributed by atoms with van der Waals surface area (Å²) in [5.74, 6) is 0.641. The molecule has 0 amide bonds. The molecule has 1 fully saturated rings. The van der Waals surface area contributed by atoms with Crippen LogP contribution in [0.25, 0.3) is 0 Å². The van der Waals surface area contributed by atoms with Crippen LogP contribution in [-0.2, 0) is 5.54 Å². The summed E-state index contributed by atoms with van der Waals surface area (Å²) in [5, 5.41) is 7.03. The van der Waals surface area contributed by atoms with Crippen LogP contribution >= 0.6 is 11.3 Å². The van der Waals surface area contributed by atoms with Crippen molar-refractivity contribution in [2.75, 3.05) is 7.05 Å². The zero-order valence-corrected chi connectivity index (χ0v) is 12.4. The average molecular weight is 252 g/mol. The number of hydrogen-bond acceptors (Lipinski definition) is 3. The fourth-order valence-electron chi connectivity index (χ4n) is 3.24. The van der Waals surface area contributed by atoms with Crippen LogP contribution in [0.3, 0.4) is 0 Å². The van der Waals surface area contributed by atoms with E-state index in [1.807, 2.05) is 11.3 Å². The van der Waals surface area contributed by atoms with Crippen LogP contribution in [0.1, 0.15) is 50.7 Å². The minimum atomic E-state index is 0.106. The van der Waals surface area contributed by atoms with Crippen LogP contribution in [0.4, 0.5) is 0 Å². The zero-order chi connectivity index (χ0) is 12.7. The van der Waals surface area contributed by atoms with E-state index < -0.39 is 0 Å². The van der Waals surface area contributed by atoms with Gasteiger partial charge in [-0.1, -0.05) is 20.8 Å². The summed E-state index contributed by atoms with van der Waals surface area (Å²) in [7, 11) is 2.09. The lowest BCUT2D eigenvalue weighted by Gasteiger charge is -2.47. The Kier molecular flexibility index (Phi) is 3.34. The van der Waals surface area contributed by atoms with Gasteiger partial charge in [0.1, 0.15) is 5.01 Å². The van der Waals surface area contributed by atoms with E-state index in [2.05, 4.69) is 45.4 Å². The standard InChI is InChI=1S/C14H24N2S/c1-10-8-13(3,4)6-7-14(10,15-5)12-16-11(2)9-17-12/h9-10,15H,6-8H2,1-5H3. The van der Waals surface area contributed by atoms with Crippen LogP contribution in [-0.4, -0.2) is 12.0 Å². The molecular formula is C14H24N2S. The summed E-state index contributed by atoms with van der Waals surface area (Å²) < 4.78 is 0. The molecule has 0 radical (unpaired) electrons. The van der Waals surface area contributed by atoms with Gasteiger partial charge in [-0.25, -0.2) is 4.98 Å². The summed E-state index contributed by atoms with van der Waals surface area (Å²) in [6.07, 6.45) is 3.74. The highest BCUT2D eigenvalue weighted by Crippen LogP contribution is 2.49. The van der Waals surface area contributed by atoms with E-state index in [1.54, 1.807) is 0 Å². The Hall–Kier alpha value is -0.410. The molecule has 1 aromatic heterocycles. The molecule has 1 saturated carbocycles. The summed E-state index contributed by atoms with van der Waals surface area (Å²) in [4.78, 5) is 4.73. The van der Waals surface area contributed by atoms with E-state index >= 15 is 0 Å². The molecule has 1 aliphatic carbocycles. The summed E-state index contributed by atoms with van der Waals surface area (Å²) in [5.41, 5.74) is 1.73. The van der Waals surface area contributed by atoms with Gasteiger partial charge in [0.05, 0.1) is 5.54 Å². The predicted octanol–water partition coefficient (Wildman–Crippen LogP) is 3.71. The van der Waals surface area contributed by atoms with Crippen molar-refractivity contribution in [1.82, 2.24) is 10.3 Å². The Labute approximate surface area is 109 Å². The largest absolute Gasteiger partial charge is 0.308 e. The fourth-order valence-corrected chi connectivity index (χ4v) is 4.39. The molecule has 96 valence electrons. The molecule has 1 N–H and O–H groups in total. The van der Waals surface area contributed by atoms with Crippen molar-refractivity contribution in [2.24, 2.45) is 11.3 Å². The van der Waals surface area contributed by atoms with Gasteiger partial charge in [-0.05, 0) is 44.6 Å². The summed E-state index contributed by atoms with van der Waals surface area (Å²) in [6, 6.07) is 0. The van der Waals surface area contributed by atoms with Gasteiger partial charge in [-0.2, -0.15) is 0 Å². The second-order valence-electron chi connectivity index (χ2n) is 6.28. The monoisotopic (exact) mass is 252 g/mol. The minimum absolute atomic E-state index is 0.106. The van der Waals surface area contributed by atoms with Crippen molar-refractivity contribution in [2.45, 2.75) is 52.5 Å². The van der Waals surface area contributed by atoms with Crippen LogP contribution in [0.2, 0.25) is 0 Å². The Morgan fingerprint density at radius 2 is 2.12 bits per heavy atom. The Morgan fingerprint density at radius 1 is 1.41 bits per heavy atom. The fraction of sp³-hybridized carbons (Fsp3) is 0.786. The van der Waals surface area contributed by atoms with Crippen molar-refractivity contribution < 1.29 is 0 Å². The molecule has 17 heavy (non-hydrogen) atoms. The third kappa shape index (κ3) is 2.27. The predicted molar refractivity (Wildman–Crippen MR) is 74.4 cm³/mol. The highest BCUT2D eigenvalue weighted by atomic mass is 32.1. The van der Waals surface area contributed by atoms with Crippen molar-refractivity contribution in [3.05, 3.63) is 16.1 Å². The molecule has 1 aliphatic rings. The van der Waals surface area contributed by atoms with E-state index in [1.165, 1.54) is 24.3 Å². The molecule has 1 aromatic rings. The maximum absolute atomic E-state index is 4.73. The lowest BCUT2D eigenvalue weighted by atomic mass is 9.64. The molecule has 0 spiro atoms. The first kappa shape index (κ1) is 13.0. The highest BCUT2D eigenvalue weighted by molar-refractivity contribution is 7.09. The highest BCUT2D eigenvalue weighted by Gasteiger charge is 2.45. The van der Waals surface area contributed by atoms with Gasteiger partial charge < -0.3 is 5.32 Å². The van der Waals surface area contributed by atoms with Gasteiger partial charge in [-0.3, -0.25) is 0 Å². The summed E-state index contributed by atoms with van der Waals surface area (Å²) in [6.45, 7) is 9.22. The number of rotatable bonds is 2. The second kappa shape index (κ2) is 4.36. The molecule has 0 aromatic carbocycles. The number of nitrogens with one attached hydrogen (secondary N) is 1. The van der Waals surface area contributed by atoms with Crippen LogP contribution in [0, 0.1) is 18.3 Å². The molecular weight excluding hydrogens is 228 g/mol. The molecule has 0 saturated heterocycles. The molecule has 0 bridgehead atoms. The van der Waals surface area contributed by atoms with E-state index in [9.17, 15) is 0 Å². The maximum Gasteiger partial charge on any atom is 0.113 e. The Bertz CT molecular complexity index is 397. The molecule has 2 nitrogen and oxygen atoms in total. The van der Waals surface area contributed by atoms with Crippen LogP contribution in [0.15, 0.2) is 5.38 Å². The topological polar surface area (TPSA) is 24.9 Å². The molecule has 0 aliphatic heterocycles.